The molecule has 0 amide bonds. The summed E-state index contributed by atoms with van der Waals surface area (Å²) in [5.74, 6) is 0. The van der Waals surface area contributed by atoms with Crippen LogP contribution in [0.5, 0.6) is 0 Å². The van der Waals surface area contributed by atoms with Gasteiger partial charge in [-0.05, 0) is 75.8 Å². The number of aromatic nitrogens is 3. The van der Waals surface area contributed by atoms with Gasteiger partial charge in [-0.15, -0.1) is 0 Å². The fraction of sp³-hybridized carbons (Fsp3) is 0.0732. The summed E-state index contributed by atoms with van der Waals surface area (Å²) in [5.41, 5.74) is 15.3. The Bertz CT molecular complexity index is 2910. The van der Waals surface area contributed by atoms with E-state index < -0.39 is 0 Å². The molecule has 4 heterocycles. The lowest BCUT2D eigenvalue weighted by Crippen LogP contribution is -2.14. The third kappa shape index (κ3) is 2.83. The van der Waals surface area contributed by atoms with Gasteiger partial charge in [-0.1, -0.05) is 86.6 Å². The highest BCUT2D eigenvalue weighted by Gasteiger charge is 2.35. The largest absolute Gasteiger partial charge is 0.454 e. The predicted molar refractivity (Wildman–Crippen MR) is 184 cm³/mol. The van der Waals surface area contributed by atoms with Crippen LogP contribution in [-0.2, 0) is 5.41 Å². The smallest absolute Gasteiger partial charge is 0.165 e. The zero-order valence-electron chi connectivity index (χ0n) is 24.7. The van der Waals surface area contributed by atoms with Gasteiger partial charge in [0, 0.05) is 32.3 Å². The maximum atomic E-state index is 6.61. The van der Waals surface area contributed by atoms with Crippen LogP contribution in [0.2, 0.25) is 0 Å². The Morgan fingerprint density at radius 3 is 2.20 bits per heavy atom. The molecule has 0 unspecified atom stereocenters. The van der Waals surface area contributed by atoms with Crippen molar-refractivity contribution in [1.82, 2.24) is 14.4 Å². The first-order chi connectivity index (χ1) is 22.1. The lowest BCUT2D eigenvalue weighted by molar-refractivity contribution is 0.660. The van der Waals surface area contributed by atoms with Crippen molar-refractivity contribution >= 4 is 71.3 Å². The normalized spacial score (nSPS) is 14.2. The quantitative estimate of drug-likeness (QED) is 0.196. The molecule has 0 fully saturated rings. The van der Waals surface area contributed by atoms with E-state index in [0.717, 1.165) is 65.9 Å². The number of rotatable bonds is 1. The van der Waals surface area contributed by atoms with Crippen LogP contribution in [0.25, 0.3) is 93.6 Å². The summed E-state index contributed by atoms with van der Waals surface area (Å²) in [5, 5.41) is 5.69. The van der Waals surface area contributed by atoms with E-state index in [-0.39, 0.29) is 5.41 Å². The van der Waals surface area contributed by atoms with Crippen molar-refractivity contribution in [1.29, 1.82) is 0 Å². The number of furan rings is 1. The Labute approximate surface area is 257 Å². The van der Waals surface area contributed by atoms with Crippen molar-refractivity contribution in [3.05, 3.63) is 126 Å². The van der Waals surface area contributed by atoms with Gasteiger partial charge in [0.15, 0.2) is 11.2 Å². The average Bonchev–Trinajstić information content (AvgIpc) is 3.78. The van der Waals surface area contributed by atoms with E-state index >= 15 is 0 Å². The molecular formula is C41H25N3O. The number of nitrogens with zero attached hydrogens (tertiary/aromatic N) is 3. The predicted octanol–water partition coefficient (Wildman–Crippen LogP) is 10.7. The molecule has 0 radical (unpaired) electrons. The van der Waals surface area contributed by atoms with Gasteiger partial charge in [0.05, 0.1) is 22.1 Å². The van der Waals surface area contributed by atoms with Crippen molar-refractivity contribution in [2.24, 2.45) is 0 Å². The van der Waals surface area contributed by atoms with Gasteiger partial charge in [0.1, 0.15) is 11.1 Å². The number of para-hydroxylation sites is 3. The van der Waals surface area contributed by atoms with Crippen molar-refractivity contribution in [3.8, 4) is 22.3 Å². The molecule has 0 spiro atoms. The van der Waals surface area contributed by atoms with Gasteiger partial charge in [-0.25, -0.2) is 9.97 Å². The Morgan fingerprint density at radius 2 is 1.29 bits per heavy atom. The van der Waals surface area contributed by atoms with Gasteiger partial charge in [-0.2, -0.15) is 0 Å². The van der Waals surface area contributed by atoms with E-state index in [0.29, 0.717) is 0 Å². The average molecular weight is 576 g/mol. The molecule has 1 aliphatic rings. The molecule has 4 nitrogen and oxygen atoms in total. The molecule has 210 valence electrons. The highest BCUT2D eigenvalue weighted by molar-refractivity contribution is 6.28. The van der Waals surface area contributed by atoms with E-state index in [1.807, 2.05) is 36.4 Å². The van der Waals surface area contributed by atoms with Gasteiger partial charge >= 0.3 is 0 Å². The van der Waals surface area contributed by atoms with Crippen molar-refractivity contribution < 1.29 is 4.42 Å². The second-order valence-electron chi connectivity index (χ2n) is 13.0. The second kappa shape index (κ2) is 7.85. The summed E-state index contributed by atoms with van der Waals surface area (Å²) in [6.07, 6.45) is 0. The zero-order chi connectivity index (χ0) is 29.6. The molecule has 0 atom stereocenters. The lowest BCUT2D eigenvalue weighted by Gasteiger charge is -2.21. The molecular weight excluding hydrogens is 550 g/mol. The maximum absolute atomic E-state index is 6.61. The summed E-state index contributed by atoms with van der Waals surface area (Å²) in [6, 6.07) is 41.4. The number of benzene rings is 6. The molecule has 11 rings (SSSR count). The van der Waals surface area contributed by atoms with Crippen molar-refractivity contribution in [3.63, 3.8) is 0 Å². The Morgan fingerprint density at radius 1 is 0.556 bits per heavy atom. The summed E-state index contributed by atoms with van der Waals surface area (Å²) in [7, 11) is 0. The summed E-state index contributed by atoms with van der Waals surface area (Å²) in [6.45, 7) is 4.66. The monoisotopic (exact) mass is 575 g/mol. The van der Waals surface area contributed by atoms with Gasteiger partial charge in [0.2, 0.25) is 0 Å². The maximum Gasteiger partial charge on any atom is 0.165 e. The molecule has 4 heteroatoms. The molecule has 1 aliphatic carbocycles. The van der Waals surface area contributed by atoms with Crippen LogP contribution >= 0.6 is 0 Å². The van der Waals surface area contributed by atoms with Crippen LogP contribution in [0.4, 0.5) is 0 Å². The topological polar surface area (TPSA) is 43.3 Å². The first-order valence-corrected chi connectivity index (χ1v) is 15.5. The molecule has 10 aromatic rings. The second-order valence-corrected chi connectivity index (χ2v) is 13.0. The molecule has 0 bridgehead atoms. The highest BCUT2D eigenvalue weighted by atomic mass is 16.3. The van der Waals surface area contributed by atoms with E-state index in [1.54, 1.807) is 0 Å². The van der Waals surface area contributed by atoms with Gasteiger partial charge < -0.3 is 4.42 Å². The molecule has 0 saturated heterocycles. The Hall–Kier alpha value is -5.74. The molecule has 0 aliphatic heterocycles. The molecule has 0 N–H and O–H groups in total. The minimum Gasteiger partial charge on any atom is -0.454 e. The van der Waals surface area contributed by atoms with Crippen LogP contribution in [0, 0.1) is 0 Å². The van der Waals surface area contributed by atoms with Crippen LogP contribution in [-0.4, -0.2) is 14.4 Å². The van der Waals surface area contributed by atoms with Crippen LogP contribution in [0.3, 0.4) is 0 Å². The number of hydrogen-bond acceptors (Lipinski definition) is 3. The summed E-state index contributed by atoms with van der Waals surface area (Å²) in [4.78, 5) is 10.5. The number of fused-ring (bicyclic) bond motifs is 14. The van der Waals surface area contributed by atoms with E-state index in [2.05, 4.69) is 97.1 Å². The van der Waals surface area contributed by atoms with E-state index in [9.17, 15) is 0 Å². The lowest BCUT2D eigenvalue weighted by atomic mass is 9.82. The minimum atomic E-state index is -0.0244. The van der Waals surface area contributed by atoms with Gasteiger partial charge in [0.25, 0.3) is 0 Å². The molecule has 0 saturated carbocycles. The fourth-order valence-corrected chi connectivity index (χ4v) is 8.19. The van der Waals surface area contributed by atoms with Crippen LogP contribution < -0.4 is 0 Å². The summed E-state index contributed by atoms with van der Waals surface area (Å²) < 4.78 is 8.91. The Balaban J connectivity index is 1.29. The van der Waals surface area contributed by atoms with Crippen LogP contribution in [0.15, 0.2) is 120 Å². The third-order valence-corrected chi connectivity index (χ3v) is 10.3. The zero-order valence-corrected chi connectivity index (χ0v) is 24.7. The SMILES string of the molecule is CC1(C)c2ccccc2-c2cc(-c3cc4c5ccc6c7ccccc7oc6c5n5c6nc7ccccc7nc6c(c3)c45)ccc21. The standard InChI is InChI=1S/C41H25N3O/c1-41(2)31-11-5-3-9-24(31)28-19-22(15-18-32(28)41)23-20-29-26-16-17-27-25-10-4-8-14-35(25)45-39(27)38(26)44-37(29)30(21-23)36-40(44)43-34-13-7-6-12-33(34)42-36/h3-21H,1-2H3. The van der Waals surface area contributed by atoms with E-state index in [4.69, 9.17) is 14.4 Å². The highest BCUT2D eigenvalue weighted by Crippen LogP contribution is 2.50. The minimum absolute atomic E-state index is 0.0244. The first-order valence-electron chi connectivity index (χ1n) is 15.5. The molecule has 4 aromatic heterocycles. The summed E-state index contributed by atoms with van der Waals surface area (Å²) >= 11 is 0. The first kappa shape index (κ1) is 23.7. The molecule has 45 heavy (non-hydrogen) atoms. The van der Waals surface area contributed by atoms with Crippen molar-refractivity contribution in [2.45, 2.75) is 19.3 Å². The van der Waals surface area contributed by atoms with Gasteiger partial charge in [-0.3, -0.25) is 4.40 Å². The van der Waals surface area contributed by atoms with Crippen LogP contribution in [0.1, 0.15) is 25.0 Å². The van der Waals surface area contributed by atoms with Crippen molar-refractivity contribution in [2.75, 3.05) is 0 Å². The fourth-order valence-electron chi connectivity index (χ4n) is 8.19. The third-order valence-electron chi connectivity index (χ3n) is 10.3. The Kier molecular flexibility index (Phi) is 4.13. The molecule has 6 aromatic carbocycles. The van der Waals surface area contributed by atoms with E-state index in [1.165, 1.54) is 38.8 Å². The number of hydrogen-bond donors (Lipinski definition) is 0.